The van der Waals surface area contributed by atoms with E-state index in [-0.39, 0.29) is 18.7 Å². The second-order valence-electron chi connectivity index (χ2n) is 2.72. The minimum absolute atomic E-state index is 0.135. The van der Waals surface area contributed by atoms with E-state index in [2.05, 4.69) is 21.2 Å². The Balaban J connectivity index is 2.53. The number of amides is 1. The molecule has 0 bridgehead atoms. The van der Waals surface area contributed by atoms with Crippen LogP contribution in [0.3, 0.4) is 0 Å². The Hall–Kier alpha value is -1.34. The van der Waals surface area contributed by atoms with E-state index in [0.717, 1.165) is 10.2 Å². The van der Waals surface area contributed by atoms with Crippen LogP contribution in [0.2, 0.25) is 0 Å². The van der Waals surface area contributed by atoms with Crippen molar-refractivity contribution >= 4 is 27.5 Å². The molecule has 4 heteroatoms. The number of hydrogen-bond acceptors (Lipinski definition) is 2. The van der Waals surface area contributed by atoms with E-state index >= 15 is 0 Å². The minimum Gasteiger partial charge on any atom is -0.326 e. The zero-order valence-corrected chi connectivity index (χ0v) is 9.04. The molecule has 0 unspecified atom stereocenters. The number of halogens is 1. The number of rotatable bonds is 3. The van der Waals surface area contributed by atoms with Crippen molar-refractivity contribution in [1.82, 2.24) is 0 Å². The summed E-state index contributed by atoms with van der Waals surface area (Å²) in [6.45, 7) is 0. The average Bonchev–Trinajstić information content (AvgIpc) is 2.15. The summed E-state index contributed by atoms with van der Waals surface area (Å²) >= 11 is 3.30. The number of anilines is 1. The largest absolute Gasteiger partial charge is 0.326 e. The summed E-state index contributed by atoms with van der Waals surface area (Å²) in [5.41, 5.74) is 0.738. The van der Waals surface area contributed by atoms with Gasteiger partial charge in [0.05, 0.1) is 6.07 Å². The molecule has 14 heavy (non-hydrogen) atoms. The normalized spacial score (nSPS) is 9.14. The van der Waals surface area contributed by atoms with Gasteiger partial charge in [-0.25, -0.2) is 0 Å². The lowest BCUT2D eigenvalue weighted by Gasteiger charge is -2.03. The predicted octanol–water partition coefficient (Wildman–Crippen LogP) is 2.69. The number of nitriles is 1. The van der Waals surface area contributed by atoms with E-state index in [0.29, 0.717) is 0 Å². The van der Waals surface area contributed by atoms with Crippen LogP contribution in [0.1, 0.15) is 12.8 Å². The summed E-state index contributed by atoms with van der Waals surface area (Å²) in [6, 6.07) is 9.25. The minimum atomic E-state index is -0.135. The van der Waals surface area contributed by atoms with Gasteiger partial charge in [-0.3, -0.25) is 4.79 Å². The molecule has 3 nitrogen and oxygen atoms in total. The molecule has 1 aromatic carbocycles. The van der Waals surface area contributed by atoms with Crippen LogP contribution < -0.4 is 5.32 Å². The molecule has 0 spiro atoms. The third kappa shape index (κ3) is 3.58. The summed E-state index contributed by atoms with van der Waals surface area (Å²) in [7, 11) is 0. The number of benzene rings is 1. The molecule has 0 heterocycles. The summed E-state index contributed by atoms with van der Waals surface area (Å²) < 4.78 is 0.913. The third-order valence-electron chi connectivity index (χ3n) is 1.57. The first-order chi connectivity index (χ1) is 6.72. The van der Waals surface area contributed by atoms with Crippen molar-refractivity contribution in [3.05, 3.63) is 28.7 Å². The van der Waals surface area contributed by atoms with Gasteiger partial charge in [0.25, 0.3) is 0 Å². The fourth-order valence-corrected chi connectivity index (χ4v) is 1.36. The van der Waals surface area contributed by atoms with Crippen molar-refractivity contribution in [2.75, 3.05) is 5.32 Å². The van der Waals surface area contributed by atoms with Crippen molar-refractivity contribution < 1.29 is 4.79 Å². The first-order valence-electron chi connectivity index (χ1n) is 4.15. The molecule has 1 N–H and O–H groups in total. The van der Waals surface area contributed by atoms with E-state index in [9.17, 15) is 4.79 Å². The van der Waals surface area contributed by atoms with Crippen molar-refractivity contribution in [3.63, 3.8) is 0 Å². The van der Waals surface area contributed by atoms with Crippen LogP contribution in [0.15, 0.2) is 28.7 Å². The molecule has 0 radical (unpaired) electrons. The van der Waals surface area contributed by atoms with Crippen LogP contribution in [0.25, 0.3) is 0 Å². The lowest BCUT2D eigenvalue weighted by Crippen LogP contribution is -2.10. The van der Waals surface area contributed by atoms with Gasteiger partial charge in [-0.15, -0.1) is 0 Å². The molecule has 0 atom stereocenters. The van der Waals surface area contributed by atoms with Gasteiger partial charge in [0.1, 0.15) is 0 Å². The highest BCUT2D eigenvalue weighted by molar-refractivity contribution is 9.10. The molecule has 0 aliphatic heterocycles. The molecule has 72 valence electrons. The first-order valence-corrected chi connectivity index (χ1v) is 4.94. The summed E-state index contributed by atoms with van der Waals surface area (Å²) in [6.07, 6.45) is 0.489. The number of nitrogens with one attached hydrogen (secondary N) is 1. The summed E-state index contributed by atoms with van der Waals surface area (Å²) in [5.74, 6) is -0.135. The van der Waals surface area contributed by atoms with E-state index in [4.69, 9.17) is 5.26 Å². The zero-order valence-electron chi connectivity index (χ0n) is 7.46. The average molecular weight is 253 g/mol. The third-order valence-corrected chi connectivity index (χ3v) is 2.07. The maximum Gasteiger partial charge on any atom is 0.225 e. The fraction of sp³-hybridized carbons (Fsp3) is 0.200. The van der Waals surface area contributed by atoms with E-state index in [1.807, 2.05) is 24.3 Å². The molecule has 1 aromatic rings. The van der Waals surface area contributed by atoms with Gasteiger partial charge in [-0.1, -0.05) is 22.0 Å². The van der Waals surface area contributed by atoms with Gasteiger partial charge < -0.3 is 5.32 Å². The molecule has 0 aliphatic carbocycles. The van der Waals surface area contributed by atoms with Crippen molar-refractivity contribution in [1.29, 1.82) is 5.26 Å². The van der Waals surface area contributed by atoms with Crippen LogP contribution in [0.4, 0.5) is 5.69 Å². The first kappa shape index (κ1) is 10.7. The lowest BCUT2D eigenvalue weighted by molar-refractivity contribution is -0.116. The molecule has 0 aliphatic rings. The van der Waals surface area contributed by atoms with Gasteiger partial charge in [0.15, 0.2) is 0 Å². The van der Waals surface area contributed by atoms with Crippen molar-refractivity contribution in [3.8, 4) is 6.07 Å². The van der Waals surface area contributed by atoms with E-state index in [1.54, 1.807) is 6.07 Å². The van der Waals surface area contributed by atoms with Gasteiger partial charge in [-0.05, 0) is 18.2 Å². The number of carbonyl (C=O) groups excluding carboxylic acids is 1. The van der Waals surface area contributed by atoms with Gasteiger partial charge in [-0.2, -0.15) is 5.26 Å². The fourth-order valence-electron chi connectivity index (χ4n) is 0.959. The molecule has 0 aromatic heterocycles. The lowest BCUT2D eigenvalue weighted by atomic mass is 10.3. The Labute approximate surface area is 90.9 Å². The van der Waals surface area contributed by atoms with Crippen LogP contribution >= 0.6 is 15.9 Å². The maximum atomic E-state index is 11.2. The van der Waals surface area contributed by atoms with Crippen LogP contribution in [-0.4, -0.2) is 5.91 Å². The smallest absolute Gasteiger partial charge is 0.225 e. The second kappa shape index (κ2) is 5.40. The Morgan fingerprint density at radius 2 is 2.36 bits per heavy atom. The highest BCUT2D eigenvalue weighted by atomic mass is 79.9. The Kier molecular flexibility index (Phi) is 4.14. The summed E-state index contributed by atoms with van der Waals surface area (Å²) in [4.78, 5) is 11.2. The Morgan fingerprint density at radius 3 is 3.00 bits per heavy atom. The molecule has 0 saturated heterocycles. The number of carbonyl (C=O) groups is 1. The van der Waals surface area contributed by atoms with Gasteiger partial charge in [0.2, 0.25) is 5.91 Å². The molecule has 0 fully saturated rings. The summed E-state index contributed by atoms with van der Waals surface area (Å²) in [5, 5.41) is 11.0. The Morgan fingerprint density at radius 1 is 1.57 bits per heavy atom. The standard InChI is InChI=1S/C10H9BrN2O/c11-8-3-1-4-9(7-8)13-10(14)5-2-6-12/h1,3-4,7H,2,5H2,(H,13,14). The molecule has 0 saturated carbocycles. The Bertz CT molecular complexity index is 371. The van der Waals surface area contributed by atoms with Gasteiger partial charge >= 0.3 is 0 Å². The SMILES string of the molecule is N#CCCC(=O)Nc1cccc(Br)c1. The second-order valence-corrected chi connectivity index (χ2v) is 3.63. The van der Waals surface area contributed by atoms with E-state index in [1.165, 1.54) is 0 Å². The van der Waals surface area contributed by atoms with Crippen LogP contribution in [0, 0.1) is 11.3 Å². The van der Waals surface area contributed by atoms with Crippen LogP contribution in [-0.2, 0) is 4.79 Å². The monoisotopic (exact) mass is 252 g/mol. The maximum absolute atomic E-state index is 11.2. The van der Waals surface area contributed by atoms with Crippen molar-refractivity contribution in [2.24, 2.45) is 0 Å². The van der Waals surface area contributed by atoms with E-state index < -0.39 is 0 Å². The quantitative estimate of drug-likeness (QED) is 0.900. The van der Waals surface area contributed by atoms with Crippen LogP contribution in [0.5, 0.6) is 0 Å². The van der Waals surface area contributed by atoms with Crippen molar-refractivity contribution in [2.45, 2.75) is 12.8 Å². The highest BCUT2D eigenvalue weighted by Gasteiger charge is 2.01. The molecule has 1 rings (SSSR count). The topological polar surface area (TPSA) is 52.9 Å². The number of hydrogen-bond donors (Lipinski definition) is 1. The number of nitrogens with zero attached hydrogens (tertiary/aromatic N) is 1. The predicted molar refractivity (Wildman–Crippen MR) is 57.6 cm³/mol. The molecule has 1 amide bonds. The molecular formula is C10H9BrN2O. The zero-order chi connectivity index (χ0) is 10.4. The highest BCUT2D eigenvalue weighted by Crippen LogP contribution is 2.15. The molecular weight excluding hydrogens is 244 g/mol. The van der Waals surface area contributed by atoms with Gasteiger partial charge in [0, 0.05) is 23.0 Å².